The number of amides is 1. The van der Waals surface area contributed by atoms with Gasteiger partial charge in [-0.05, 0) is 44.4 Å². The highest BCUT2D eigenvalue weighted by Crippen LogP contribution is 2.22. The first-order valence-electron chi connectivity index (χ1n) is 8.04. The molecule has 1 aliphatic rings. The summed E-state index contributed by atoms with van der Waals surface area (Å²) < 4.78 is 0. The molecule has 1 fully saturated rings. The van der Waals surface area contributed by atoms with Crippen LogP contribution in [0.15, 0.2) is 36.5 Å². The first-order chi connectivity index (χ1) is 11.1. The molecule has 1 atom stereocenters. The van der Waals surface area contributed by atoms with Gasteiger partial charge in [-0.15, -0.1) is 0 Å². The molecule has 1 aromatic carbocycles. The zero-order valence-corrected chi connectivity index (χ0v) is 13.6. The topological polar surface area (TPSA) is 58.1 Å². The molecule has 1 N–H and O–H groups in total. The monoisotopic (exact) mass is 310 g/mol. The molecule has 3 rings (SSSR count). The Balaban J connectivity index is 1.68. The second-order valence-electron chi connectivity index (χ2n) is 6.09. The van der Waals surface area contributed by atoms with E-state index >= 15 is 0 Å². The van der Waals surface area contributed by atoms with E-state index in [1.165, 1.54) is 0 Å². The molecule has 2 aromatic rings. The van der Waals surface area contributed by atoms with Crippen molar-refractivity contribution in [1.29, 1.82) is 0 Å². The van der Waals surface area contributed by atoms with Gasteiger partial charge in [-0.25, -0.2) is 9.97 Å². The average Bonchev–Trinajstić information content (AvgIpc) is 2.57. The maximum atomic E-state index is 12.6. The van der Waals surface area contributed by atoms with Gasteiger partial charge in [0.05, 0.1) is 5.92 Å². The lowest BCUT2D eigenvalue weighted by molar-refractivity contribution is -0.120. The van der Waals surface area contributed by atoms with Gasteiger partial charge in [0.1, 0.15) is 0 Å². The van der Waals surface area contributed by atoms with Crippen LogP contribution in [-0.2, 0) is 4.79 Å². The van der Waals surface area contributed by atoms with E-state index in [-0.39, 0.29) is 11.8 Å². The molecule has 0 unspecified atom stereocenters. The molecule has 0 radical (unpaired) electrons. The highest BCUT2D eigenvalue weighted by molar-refractivity contribution is 5.93. The van der Waals surface area contributed by atoms with Crippen LogP contribution in [0.2, 0.25) is 0 Å². The Bertz CT molecular complexity index is 701. The van der Waals surface area contributed by atoms with Gasteiger partial charge in [0.15, 0.2) is 0 Å². The van der Waals surface area contributed by atoms with Crippen LogP contribution in [0.1, 0.15) is 24.1 Å². The molecule has 1 amide bonds. The number of nitrogens with one attached hydrogen (secondary N) is 1. The van der Waals surface area contributed by atoms with Crippen LogP contribution in [0, 0.1) is 19.8 Å². The molecule has 1 aromatic heterocycles. The van der Waals surface area contributed by atoms with Crippen molar-refractivity contribution >= 4 is 17.5 Å². The number of anilines is 2. The fourth-order valence-electron chi connectivity index (χ4n) is 2.91. The molecule has 0 saturated carbocycles. The maximum absolute atomic E-state index is 12.6. The number of nitrogens with zero attached hydrogens (tertiary/aromatic N) is 3. The molecule has 1 aliphatic heterocycles. The van der Waals surface area contributed by atoms with Crippen LogP contribution in [0.5, 0.6) is 0 Å². The summed E-state index contributed by atoms with van der Waals surface area (Å²) in [6.45, 7) is 5.53. The van der Waals surface area contributed by atoms with E-state index < -0.39 is 0 Å². The van der Waals surface area contributed by atoms with Crippen molar-refractivity contribution in [3.8, 4) is 0 Å². The Hall–Kier alpha value is -2.43. The van der Waals surface area contributed by atoms with Crippen LogP contribution in [0.3, 0.4) is 0 Å². The van der Waals surface area contributed by atoms with Gasteiger partial charge in [0.2, 0.25) is 11.9 Å². The lowest BCUT2D eigenvalue weighted by atomic mass is 9.97. The molecule has 0 bridgehead atoms. The normalized spacial score (nSPS) is 17.8. The standard InChI is InChI=1S/C18H22N4O/c1-13-6-3-4-8-16(13)21-17(23)15-7-5-11-22(12-15)18-19-10-9-14(2)20-18/h3-4,6,8-10,15H,5,7,11-12H2,1-2H3,(H,21,23)/t15-/m1/s1. The number of carbonyl (C=O) groups excluding carboxylic acids is 1. The van der Waals surface area contributed by atoms with Crippen LogP contribution in [-0.4, -0.2) is 29.0 Å². The van der Waals surface area contributed by atoms with Crippen molar-refractivity contribution in [3.63, 3.8) is 0 Å². The molecule has 0 aliphatic carbocycles. The first kappa shape index (κ1) is 15.5. The third kappa shape index (κ3) is 3.67. The van der Waals surface area contributed by atoms with Gasteiger partial charge in [0, 0.05) is 30.7 Å². The molecule has 5 nitrogen and oxygen atoms in total. The fraction of sp³-hybridized carbons (Fsp3) is 0.389. The quantitative estimate of drug-likeness (QED) is 0.947. The third-order valence-corrected chi connectivity index (χ3v) is 4.26. The predicted octanol–water partition coefficient (Wildman–Crippen LogP) is 2.95. The summed E-state index contributed by atoms with van der Waals surface area (Å²) in [6, 6.07) is 9.75. The average molecular weight is 310 g/mol. The Morgan fingerprint density at radius 1 is 1.26 bits per heavy atom. The Morgan fingerprint density at radius 2 is 2.09 bits per heavy atom. The van der Waals surface area contributed by atoms with E-state index in [9.17, 15) is 4.79 Å². The number of hydrogen-bond donors (Lipinski definition) is 1. The van der Waals surface area contributed by atoms with Crippen LogP contribution in [0.4, 0.5) is 11.6 Å². The van der Waals surface area contributed by atoms with E-state index in [0.29, 0.717) is 6.54 Å². The number of carbonyl (C=O) groups is 1. The maximum Gasteiger partial charge on any atom is 0.229 e. The van der Waals surface area contributed by atoms with E-state index in [1.54, 1.807) is 6.20 Å². The van der Waals surface area contributed by atoms with Crippen LogP contribution >= 0.6 is 0 Å². The van der Waals surface area contributed by atoms with Gasteiger partial charge in [0.25, 0.3) is 0 Å². The van der Waals surface area contributed by atoms with Gasteiger partial charge in [-0.1, -0.05) is 18.2 Å². The van der Waals surface area contributed by atoms with Gasteiger partial charge < -0.3 is 10.2 Å². The minimum absolute atomic E-state index is 0.0348. The van der Waals surface area contributed by atoms with Crippen LogP contribution in [0.25, 0.3) is 0 Å². The van der Waals surface area contributed by atoms with E-state index in [2.05, 4.69) is 20.2 Å². The van der Waals surface area contributed by atoms with Crippen LogP contribution < -0.4 is 10.2 Å². The minimum atomic E-state index is -0.0348. The molecule has 1 saturated heterocycles. The summed E-state index contributed by atoms with van der Waals surface area (Å²) in [5.74, 6) is 0.766. The van der Waals surface area contributed by atoms with Gasteiger partial charge >= 0.3 is 0 Å². The summed E-state index contributed by atoms with van der Waals surface area (Å²) in [4.78, 5) is 23.5. The molecular weight excluding hydrogens is 288 g/mol. The smallest absolute Gasteiger partial charge is 0.229 e. The molecule has 5 heteroatoms. The SMILES string of the molecule is Cc1ccnc(N2CCC[C@@H](C(=O)Nc3ccccc3C)C2)n1. The van der Waals surface area contributed by atoms with Crippen molar-refractivity contribution in [2.45, 2.75) is 26.7 Å². The number of benzene rings is 1. The van der Waals surface area contributed by atoms with Gasteiger partial charge in [-0.2, -0.15) is 0 Å². The number of aryl methyl sites for hydroxylation is 2. The molecule has 120 valence electrons. The number of aromatic nitrogens is 2. The Morgan fingerprint density at radius 3 is 2.87 bits per heavy atom. The summed E-state index contributed by atoms with van der Waals surface area (Å²) in [7, 11) is 0. The number of para-hydroxylation sites is 1. The number of piperidine rings is 1. The molecule has 2 heterocycles. The van der Waals surface area contributed by atoms with E-state index in [1.807, 2.05) is 44.2 Å². The predicted molar refractivity (Wildman–Crippen MR) is 91.5 cm³/mol. The first-order valence-corrected chi connectivity index (χ1v) is 8.04. The second-order valence-corrected chi connectivity index (χ2v) is 6.09. The van der Waals surface area contributed by atoms with Gasteiger partial charge in [-0.3, -0.25) is 4.79 Å². The Kier molecular flexibility index (Phi) is 4.55. The number of rotatable bonds is 3. The van der Waals surface area contributed by atoms with Crippen molar-refractivity contribution in [1.82, 2.24) is 9.97 Å². The van der Waals surface area contributed by atoms with Crippen molar-refractivity contribution < 1.29 is 4.79 Å². The van der Waals surface area contributed by atoms with Crippen molar-refractivity contribution in [2.75, 3.05) is 23.3 Å². The lowest BCUT2D eigenvalue weighted by Crippen LogP contribution is -2.41. The highest BCUT2D eigenvalue weighted by Gasteiger charge is 2.27. The highest BCUT2D eigenvalue weighted by atomic mass is 16.1. The second kappa shape index (κ2) is 6.77. The Labute approximate surface area is 136 Å². The van der Waals surface area contributed by atoms with Crippen molar-refractivity contribution in [3.05, 3.63) is 47.8 Å². The largest absolute Gasteiger partial charge is 0.340 e. The fourth-order valence-corrected chi connectivity index (χ4v) is 2.91. The summed E-state index contributed by atoms with van der Waals surface area (Å²) >= 11 is 0. The lowest BCUT2D eigenvalue weighted by Gasteiger charge is -2.32. The zero-order valence-electron chi connectivity index (χ0n) is 13.6. The third-order valence-electron chi connectivity index (χ3n) is 4.26. The van der Waals surface area contributed by atoms with E-state index in [0.717, 1.165) is 42.3 Å². The number of hydrogen-bond acceptors (Lipinski definition) is 4. The minimum Gasteiger partial charge on any atom is -0.340 e. The summed E-state index contributed by atoms with van der Waals surface area (Å²) in [6.07, 6.45) is 3.65. The molecule has 0 spiro atoms. The molecular formula is C18H22N4O. The van der Waals surface area contributed by atoms with E-state index in [4.69, 9.17) is 0 Å². The zero-order chi connectivity index (χ0) is 16.2. The molecule has 23 heavy (non-hydrogen) atoms. The summed E-state index contributed by atoms with van der Waals surface area (Å²) in [5, 5.41) is 3.06. The summed E-state index contributed by atoms with van der Waals surface area (Å²) in [5.41, 5.74) is 2.92. The van der Waals surface area contributed by atoms with Crippen molar-refractivity contribution in [2.24, 2.45) is 5.92 Å².